The second kappa shape index (κ2) is 8.97. The van der Waals surface area contributed by atoms with Crippen LogP contribution in [-0.4, -0.2) is 29.0 Å². The number of hydrogen-bond donors (Lipinski definition) is 2. The van der Waals surface area contributed by atoms with Crippen molar-refractivity contribution < 1.29 is 14.3 Å². The van der Waals surface area contributed by atoms with Crippen LogP contribution < -0.4 is 10.6 Å². The second-order valence-corrected chi connectivity index (χ2v) is 6.34. The van der Waals surface area contributed by atoms with Crippen molar-refractivity contribution >= 4 is 29.1 Å². The number of aromatic nitrogens is 2. The second-order valence-electron chi connectivity index (χ2n) is 6.34. The summed E-state index contributed by atoms with van der Waals surface area (Å²) in [6.07, 6.45) is 0.813. The third kappa shape index (κ3) is 4.95. The van der Waals surface area contributed by atoms with Gasteiger partial charge < -0.3 is 15.4 Å². The van der Waals surface area contributed by atoms with Crippen LogP contribution in [0.25, 0.3) is 0 Å². The van der Waals surface area contributed by atoms with Crippen molar-refractivity contribution in [2.24, 2.45) is 0 Å². The molecule has 1 amide bonds. The van der Waals surface area contributed by atoms with E-state index in [1.165, 1.54) is 7.11 Å². The van der Waals surface area contributed by atoms with Crippen molar-refractivity contribution in [2.45, 2.75) is 20.3 Å². The summed E-state index contributed by atoms with van der Waals surface area (Å²) in [6, 6.07) is 16.0. The van der Waals surface area contributed by atoms with Crippen LogP contribution in [-0.2, 0) is 11.2 Å². The highest BCUT2D eigenvalue weighted by Crippen LogP contribution is 2.19. The smallest absolute Gasteiger partial charge is 0.337 e. The Morgan fingerprint density at radius 1 is 1.03 bits per heavy atom. The van der Waals surface area contributed by atoms with Gasteiger partial charge in [-0.15, -0.1) is 0 Å². The molecule has 7 nitrogen and oxygen atoms in total. The van der Waals surface area contributed by atoms with Gasteiger partial charge in [0.1, 0.15) is 17.3 Å². The number of rotatable bonds is 6. The van der Waals surface area contributed by atoms with E-state index in [0.717, 1.165) is 23.4 Å². The van der Waals surface area contributed by atoms with E-state index in [1.54, 1.807) is 37.3 Å². The van der Waals surface area contributed by atoms with Gasteiger partial charge in [-0.1, -0.05) is 25.1 Å². The first-order chi connectivity index (χ1) is 14.0. The maximum Gasteiger partial charge on any atom is 0.337 e. The lowest BCUT2D eigenvalue weighted by atomic mass is 10.1. The van der Waals surface area contributed by atoms with Gasteiger partial charge >= 0.3 is 5.97 Å². The van der Waals surface area contributed by atoms with Gasteiger partial charge in [-0.3, -0.25) is 4.79 Å². The topological polar surface area (TPSA) is 93.2 Å². The monoisotopic (exact) mass is 390 g/mol. The standard InChI is InChI=1S/C22H22N4O3/c1-4-15-7-5-6-8-18(15)26-21(27)19-13-20(24-14(2)23-19)25-17-11-9-16(10-12-17)22(28)29-3/h5-13H,4H2,1-3H3,(H,26,27)(H,23,24,25). The quantitative estimate of drug-likeness (QED) is 0.615. The number of aryl methyl sites for hydroxylation is 2. The molecule has 7 heteroatoms. The molecule has 0 saturated carbocycles. The molecule has 0 aliphatic heterocycles. The number of hydrogen-bond acceptors (Lipinski definition) is 6. The zero-order chi connectivity index (χ0) is 20.8. The highest BCUT2D eigenvalue weighted by Gasteiger charge is 2.13. The van der Waals surface area contributed by atoms with E-state index in [0.29, 0.717) is 17.2 Å². The molecular weight excluding hydrogens is 368 g/mol. The number of methoxy groups -OCH3 is 1. The summed E-state index contributed by atoms with van der Waals surface area (Å²) in [5.74, 6) is 0.244. The van der Waals surface area contributed by atoms with Gasteiger partial charge in [-0.25, -0.2) is 14.8 Å². The molecule has 2 aromatic carbocycles. The summed E-state index contributed by atoms with van der Waals surface area (Å²) in [5, 5.41) is 6.04. The van der Waals surface area contributed by atoms with Crippen molar-refractivity contribution in [2.75, 3.05) is 17.7 Å². The van der Waals surface area contributed by atoms with Crippen molar-refractivity contribution in [3.8, 4) is 0 Å². The van der Waals surface area contributed by atoms with E-state index in [4.69, 9.17) is 4.74 Å². The maximum atomic E-state index is 12.7. The average molecular weight is 390 g/mol. The molecule has 0 fully saturated rings. The SMILES string of the molecule is CCc1ccccc1NC(=O)c1cc(Nc2ccc(C(=O)OC)cc2)nc(C)n1. The van der Waals surface area contributed by atoms with E-state index in [1.807, 2.05) is 31.2 Å². The number of para-hydroxylation sites is 1. The molecule has 148 valence electrons. The Kier molecular flexibility index (Phi) is 6.19. The summed E-state index contributed by atoms with van der Waals surface area (Å²) >= 11 is 0. The number of nitrogens with zero attached hydrogens (tertiary/aromatic N) is 2. The van der Waals surface area contributed by atoms with Crippen molar-refractivity contribution in [3.05, 3.63) is 77.2 Å². The van der Waals surface area contributed by atoms with Crippen LogP contribution in [0.5, 0.6) is 0 Å². The Bertz CT molecular complexity index is 1030. The highest BCUT2D eigenvalue weighted by molar-refractivity contribution is 6.03. The molecule has 0 spiro atoms. The van der Waals surface area contributed by atoms with Gasteiger partial charge in [0, 0.05) is 17.4 Å². The molecule has 0 aliphatic carbocycles. The van der Waals surface area contributed by atoms with Crippen molar-refractivity contribution in [3.63, 3.8) is 0 Å². The van der Waals surface area contributed by atoms with Gasteiger partial charge in [0.2, 0.25) is 0 Å². The van der Waals surface area contributed by atoms with Gasteiger partial charge in [0.05, 0.1) is 12.7 Å². The van der Waals surface area contributed by atoms with Crippen LogP contribution in [0.3, 0.4) is 0 Å². The molecule has 1 heterocycles. The van der Waals surface area contributed by atoms with Crippen LogP contribution in [0.15, 0.2) is 54.6 Å². The van der Waals surface area contributed by atoms with Gasteiger partial charge in [0.15, 0.2) is 0 Å². The number of anilines is 3. The van der Waals surface area contributed by atoms with E-state index in [-0.39, 0.29) is 11.6 Å². The van der Waals surface area contributed by atoms with Crippen molar-refractivity contribution in [1.29, 1.82) is 0 Å². The van der Waals surface area contributed by atoms with Crippen LogP contribution in [0, 0.1) is 6.92 Å². The Balaban J connectivity index is 1.79. The average Bonchev–Trinajstić information content (AvgIpc) is 2.73. The van der Waals surface area contributed by atoms with Gasteiger partial charge in [-0.2, -0.15) is 0 Å². The normalized spacial score (nSPS) is 10.3. The molecule has 0 saturated heterocycles. The lowest BCUT2D eigenvalue weighted by Crippen LogP contribution is -2.16. The number of carbonyl (C=O) groups excluding carboxylic acids is 2. The fraction of sp³-hybridized carbons (Fsp3) is 0.182. The van der Waals surface area contributed by atoms with Crippen molar-refractivity contribution in [1.82, 2.24) is 9.97 Å². The van der Waals surface area contributed by atoms with Crippen LogP contribution >= 0.6 is 0 Å². The summed E-state index contributed by atoms with van der Waals surface area (Å²) in [7, 11) is 1.34. The molecule has 3 rings (SSSR count). The first-order valence-corrected chi connectivity index (χ1v) is 9.20. The lowest BCUT2D eigenvalue weighted by Gasteiger charge is -2.11. The molecule has 0 radical (unpaired) electrons. The van der Waals surface area contributed by atoms with E-state index in [9.17, 15) is 9.59 Å². The van der Waals surface area contributed by atoms with Crippen LogP contribution in [0.1, 0.15) is 39.2 Å². The zero-order valence-corrected chi connectivity index (χ0v) is 16.5. The first kappa shape index (κ1) is 20.0. The predicted octanol–water partition coefficient (Wildman–Crippen LogP) is 4.13. The Labute approximate surface area is 169 Å². The third-order valence-corrected chi connectivity index (χ3v) is 4.30. The van der Waals surface area contributed by atoms with Gasteiger partial charge in [-0.05, 0) is 49.2 Å². The molecule has 1 aromatic heterocycles. The molecular formula is C22H22N4O3. The minimum atomic E-state index is -0.402. The highest BCUT2D eigenvalue weighted by atomic mass is 16.5. The number of benzene rings is 2. The third-order valence-electron chi connectivity index (χ3n) is 4.30. The first-order valence-electron chi connectivity index (χ1n) is 9.20. The van der Waals surface area contributed by atoms with E-state index < -0.39 is 5.97 Å². The van der Waals surface area contributed by atoms with E-state index in [2.05, 4.69) is 20.6 Å². The fourth-order valence-electron chi connectivity index (χ4n) is 2.84. The lowest BCUT2D eigenvalue weighted by molar-refractivity contribution is 0.0600. The molecule has 3 aromatic rings. The number of carbonyl (C=O) groups is 2. The fourth-order valence-corrected chi connectivity index (χ4v) is 2.84. The molecule has 2 N–H and O–H groups in total. The molecule has 0 atom stereocenters. The summed E-state index contributed by atoms with van der Waals surface area (Å²) in [4.78, 5) is 32.8. The summed E-state index contributed by atoms with van der Waals surface area (Å²) in [6.45, 7) is 3.76. The van der Waals surface area contributed by atoms with E-state index >= 15 is 0 Å². The van der Waals surface area contributed by atoms with Gasteiger partial charge in [0.25, 0.3) is 5.91 Å². The largest absolute Gasteiger partial charge is 0.465 e. The predicted molar refractivity (Wildman–Crippen MR) is 112 cm³/mol. The Morgan fingerprint density at radius 2 is 1.76 bits per heavy atom. The minimum Gasteiger partial charge on any atom is -0.465 e. The number of ether oxygens (including phenoxy) is 1. The number of esters is 1. The number of amides is 1. The molecule has 0 aliphatic rings. The summed E-state index contributed by atoms with van der Waals surface area (Å²) in [5.41, 5.74) is 3.25. The molecule has 29 heavy (non-hydrogen) atoms. The summed E-state index contributed by atoms with van der Waals surface area (Å²) < 4.78 is 4.69. The van der Waals surface area contributed by atoms with Crippen LogP contribution in [0.4, 0.5) is 17.2 Å². The number of nitrogens with one attached hydrogen (secondary N) is 2. The van der Waals surface area contributed by atoms with Crippen LogP contribution in [0.2, 0.25) is 0 Å². The Morgan fingerprint density at radius 3 is 2.45 bits per heavy atom. The molecule has 0 unspecified atom stereocenters. The Hall–Kier alpha value is -3.74. The molecule has 0 bridgehead atoms. The zero-order valence-electron chi connectivity index (χ0n) is 16.5. The minimum absolute atomic E-state index is 0.261. The maximum absolute atomic E-state index is 12.7.